The summed E-state index contributed by atoms with van der Waals surface area (Å²) < 4.78 is 36.9. The molecule has 1 aromatic rings. The second-order valence-corrected chi connectivity index (χ2v) is 4.59. The molecule has 1 unspecified atom stereocenters. The standard InChI is InChI=1S/C11H14ClF3N4O2/c1-3-16-9(20)6(2)18-7-4-17-19(5-11(13,14)15)10(21)8(7)12/h4,6,18H,3,5H2,1-2H3,(H,16,20). The number of hydrogen-bond donors (Lipinski definition) is 2. The van der Waals surface area contributed by atoms with Crippen molar-refractivity contribution in [2.45, 2.75) is 32.6 Å². The summed E-state index contributed by atoms with van der Waals surface area (Å²) in [6, 6.07) is -0.720. The molecule has 1 aromatic heterocycles. The van der Waals surface area contributed by atoms with Crippen molar-refractivity contribution in [1.82, 2.24) is 15.1 Å². The quantitative estimate of drug-likeness (QED) is 0.857. The summed E-state index contributed by atoms with van der Waals surface area (Å²) in [6.07, 6.45) is -3.60. The van der Waals surface area contributed by atoms with E-state index in [1.807, 2.05) is 0 Å². The molecule has 0 aliphatic rings. The van der Waals surface area contributed by atoms with Crippen LogP contribution in [0, 0.1) is 0 Å². The van der Waals surface area contributed by atoms with Crippen molar-refractivity contribution >= 4 is 23.2 Å². The van der Waals surface area contributed by atoms with Crippen LogP contribution >= 0.6 is 11.6 Å². The zero-order chi connectivity index (χ0) is 16.2. The lowest BCUT2D eigenvalue weighted by Crippen LogP contribution is -2.38. The molecule has 0 aromatic carbocycles. The van der Waals surface area contributed by atoms with Gasteiger partial charge in [0, 0.05) is 6.54 Å². The van der Waals surface area contributed by atoms with Gasteiger partial charge in [-0.2, -0.15) is 18.3 Å². The SMILES string of the molecule is CCNC(=O)C(C)Nc1cnn(CC(F)(F)F)c(=O)c1Cl. The number of rotatable bonds is 5. The summed E-state index contributed by atoms with van der Waals surface area (Å²) in [6.45, 7) is 2.14. The Morgan fingerprint density at radius 2 is 2.14 bits per heavy atom. The Balaban J connectivity index is 2.95. The molecule has 0 saturated carbocycles. The van der Waals surface area contributed by atoms with Crippen LogP contribution in [-0.2, 0) is 11.3 Å². The van der Waals surface area contributed by atoms with Crippen molar-refractivity contribution in [1.29, 1.82) is 0 Å². The normalized spacial score (nSPS) is 12.9. The average molecular weight is 327 g/mol. The molecule has 0 fully saturated rings. The minimum Gasteiger partial charge on any atom is -0.371 e. The molecule has 1 heterocycles. The number of nitrogens with one attached hydrogen (secondary N) is 2. The number of alkyl halides is 3. The molecule has 1 rings (SSSR count). The zero-order valence-corrected chi connectivity index (χ0v) is 12.0. The Morgan fingerprint density at radius 3 is 2.67 bits per heavy atom. The molecule has 0 saturated heterocycles. The van der Waals surface area contributed by atoms with E-state index in [9.17, 15) is 22.8 Å². The monoisotopic (exact) mass is 326 g/mol. The summed E-state index contributed by atoms with van der Waals surface area (Å²) in [5, 5.41) is 8.10. The molecule has 1 atom stereocenters. The largest absolute Gasteiger partial charge is 0.408 e. The highest BCUT2D eigenvalue weighted by atomic mass is 35.5. The van der Waals surface area contributed by atoms with E-state index in [4.69, 9.17) is 11.6 Å². The predicted molar refractivity (Wildman–Crippen MR) is 71.3 cm³/mol. The third kappa shape index (κ3) is 4.92. The molecule has 1 amide bonds. The van der Waals surface area contributed by atoms with E-state index in [0.29, 0.717) is 6.54 Å². The summed E-state index contributed by atoms with van der Waals surface area (Å²) >= 11 is 5.72. The first-order valence-electron chi connectivity index (χ1n) is 6.02. The molecule has 118 valence electrons. The maximum Gasteiger partial charge on any atom is 0.408 e. The van der Waals surface area contributed by atoms with E-state index in [1.54, 1.807) is 6.92 Å². The van der Waals surface area contributed by atoms with Crippen molar-refractivity contribution < 1.29 is 18.0 Å². The average Bonchev–Trinajstić information content (AvgIpc) is 2.37. The number of halogens is 4. The smallest absolute Gasteiger partial charge is 0.371 e. The second-order valence-electron chi connectivity index (χ2n) is 4.21. The third-order valence-electron chi connectivity index (χ3n) is 2.43. The molecular weight excluding hydrogens is 313 g/mol. The van der Waals surface area contributed by atoms with Gasteiger partial charge in [-0.05, 0) is 13.8 Å². The van der Waals surface area contributed by atoms with Crippen LogP contribution in [0.3, 0.4) is 0 Å². The molecule has 2 N–H and O–H groups in total. The number of hydrogen-bond acceptors (Lipinski definition) is 4. The van der Waals surface area contributed by atoms with E-state index in [-0.39, 0.29) is 16.3 Å². The summed E-state index contributed by atoms with van der Waals surface area (Å²) in [5.41, 5.74) is -1.08. The second kappa shape index (κ2) is 6.79. The maximum atomic E-state index is 12.2. The number of amides is 1. The zero-order valence-electron chi connectivity index (χ0n) is 11.3. The first kappa shape index (κ1) is 17.3. The van der Waals surface area contributed by atoms with Gasteiger partial charge in [0.1, 0.15) is 17.6 Å². The number of carbonyl (C=O) groups is 1. The van der Waals surface area contributed by atoms with Gasteiger partial charge in [0.05, 0.1) is 11.9 Å². The summed E-state index contributed by atoms with van der Waals surface area (Å²) in [4.78, 5) is 23.2. The summed E-state index contributed by atoms with van der Waals surface area (Å²) in [7, 11) is 0. The Labute approximate surface area is 123 Å². The van der Waals surface area contributed by atoms with Gasteiger partial charge >= 0.3 is 6.18 Å². The molecule has 0 bridgehead atoms. The van der Waals surface area contributed by atoms with Crippen molar-refractivity contribution in [3.63, 3.8) is 0 Å². The Morgan fingerprint density at radius 1 is 1.52 bits per heavy atom. The highest BCUT2D eigenvalue weighted by molar-refractivity contribution is 6.33. The Kier molecular flexibility index (Phi) is 5.59. The fourth-order valence-electron chi connectivity index (χ4n) is 1.47. The van der Waals surface area contributed by atoms with Crippen LogP contribution in [0.5, 0.6) is 0 Å². The fourth-order valence-corrected chi connectivity index (χ4v) is 1.68. The minimum atomic E-state index is -4.58. The lowest BCUT2D eigenvalue weighted by Gasteiger charge is -2.16. The number of likely N-dealkylation sites (N-methyl/N-ethyl adjacent to an activating group) is 1. The van der Waals surface area contributed by atoms with Crippen LogP contribution in [0.25, 0.3) is 0 Å². The van der Waals surface area contributed by atoms with Crippen LogP contribution in [0.1, 0.15) is 13.8 Å². The van der Waals surface area contributed by atoms with Crippen molar-refractivity contribution in [2.75, 3.05) is 11.9 Å². The molecule has 0 spiro atoms. The summed E-state index contributed by atoms with van der Waals surface area (Å²) in [5.74, 6) is -0.340. The lowest BCUT2D eigenvalue weighted by molar-refractivity contribution is -0.143. The van der Waals surface area contributed by atoms with Gasteiger partial charge in [-0.25, -0.2) is 4.68 Å². The molecule has 10 heteroatoms. The first-order valence-corrected chi connectivity index (χ1v) is 6.40. The van der Waals surface area contributed by atoms with Gasteiger partial charge in [0.25, 0.3) is 5.56 Å². The molecule has 0 aliphatic heterocycles. The minimum absolute atomic E-state index is 0.00107. The van der Waals surface area contributed by atoms with Gasteiger partial charge < -0.3 is 10.6 Å². The first-order chi connectivity index (χ1) is 9.65. The number of nitrogens with zero attached hydrogens (tertiary/aromatic N) is 2. The Bertz CT molecular complexity index is 574. The van der Waals surface area contributed by atoms with Crippen LogP contribution in [-0.4, -0.2) is 34.5 Å². The fraction of sp³-hybridized carbons (Fsp3) is 0.545. The maximum absolute atomic E-state index is 12.2. The van der Waals surface area contributed by atoms with Crippen LogP contribution in [0.4, 0.5) is 18.9 Å². The lowest BCUT2D eigenvalue weighted by atomic mass is 10.3. The van der Waals surface area contributed by atoms with Crippen LogP contribution in [0.15, 0.2) is 11.0 Å². The Hall–Kier alpha value is -1.77. The van der Waals surface area contributed by atoms with Crippen LogP contribution in [0.2, 0.25) is 5.02 Å². The molecular formula is C11H14ClF3N4O2. The van der Waals surface area contributed by atoms with Gasteiger partial charge in [0.15, 0.2) is 0 Å². The number of anilines is 1. The topological polar surface area (TPSA) is 76.0 Å². The molecule has 6 nitrogen and oxygen atoms in total. The van der Waals surface area contributed by atoms with Gasteiger partial charge in [-0.3, -0.25) is 9.59 Å². The van der Waals surface area contributed by atoms with E-state index >= 15 is 0 Å². The molecule has 0 radical (unpaired) electrons. The number of aromatic nitrogens is 2. The number of carbonyl (C=O) groups excluding carboxylic acids is 1. The van der Waals surface area contributed by atoms with Gasteiger partial charge in [-0.1, -0.05) is 11.6 Å². The molecule has 0 aliphatic carbocycles. The van der Waals surface area contributed by atoms with Crippen molar-refractivity contribution in [3.05, 3.63) is 21.6 Å². The van der Waals surface area contributed by atoms with E-state index in [0.717, 1.165) is 6.20 Å². The van der Waals surface area contributed by atoms with Crippen molar-refractivity contribution in [3.8, 4) is 0 Å². The highest BCUT2D eigenvalue weighted by Gasteiger charge is 2.30. The third-order valence-corrected chi connectivity index (χ3v) is 2.80. The predicted octanol–water partition coefficient (Wildman–Crippen LogP) is 1.40. The van der Waals surface area contributed by atoms with Crippen molar-refractivity contribution in [2.24, 2.45) is 0 Å². The van der Waals surface area contributed by atoms with Gasteiger partial charge in [0.2, 0.25) is 5.91 Å². The van der Waals surface area contributed by atoms with E-state index in [2.05, 4.69) is 15.7 Å². The molecule has 21 heavy (non-hydrogen) atoms. The van der Waals surface area contributed by atoms with E-state index in [1.165, 1.54) is 6.92 Å². The van der Waals surface area contributed by atoms with E-state index < -0.39 is 29.3 Å². The van der Waals surface area contributed by atoms with Gasteiger partial charge in [-0.15, -0.1) is 0 Å². The van der Waals surface area contributed by atoms with Crippen LogP contribution < -0.4 is 16.2 Å². The highest BCUT2D eigenvalue weighted by Crippen LogP contribution is 2.19.